The van der Waals surface area contributed by atoms with Crippen molar-refractivity contribution < 1.29 is 32.4 Å². The molecule has 10 nitrogen and oxygen atoms in total. The second-order valence-electron chi connectivity index (χ2n) is 6.26. The number of anilines is 1. The number of hydrogen-bond donors (Lipinski definition) is 0. The van der Waals surface area contributed by atoms with Gasteiger partial charge in [0.1, 0.15) is 6.54 Å². The van der Waals surface area contributed by atoms with Crippen LogP contribution < -0.4 is 4.31 Å². The molecule has 0 aliphatic rings. The van der Waals surface area contributed by atoms with Crippen molar-refractivity contribution in [1.29, 1.82) is 0 Å². The Hall–Kier alpha value is -3.47. The van der Waals surface area contributed by atoms with Gasteiger partial charge in [-0.05, 0) is 38.5 Å². The number of hydrogen-bond acceptors (Lipinski definition) is 8. The normalized spacial score (nSPS) is 10.9. The fourth-order valence-corrected chi connectivity index (χ4v) is 4.47. The van der Waals surface area contributed by atoms with Gasteiger partial charge in [-0.15, -0.1) is 0 Å². The van der Waals surface area contributed by atoms with E-state index in [1.54, 1.807) is 13.8 Å². The van der Waals surface area contributed by atoms with E-state index in [2.05, 4.69) is 0 Å². The van der Waals surface area contributed by atoms with Gasteiger partial charge in [0.2, 0.25) is 0 Å². The van der Waals surface area contributed by atoms with Crippen LogP contribution in [0.5, 0.6) is 0 Å². The van der Waals surface area contributed by atoms with Crippen LogP contribution in [0.2, 0.25) is 0 Å². The van der Waals surface area contributed by atoms with Crippen molar-refractivity contribution in [2.24, 2.45) is 0 Å². The summed E-state index contributed by atoms with van der Waals surface area (Å²) in [7, 11) is -4.50. The van der Waals surface area contributed by atoms with Crippen molar-refractivity contribution in [2.45, 2.75) is 25.7 Å². The molecule has 0 saturated heterocycles. The van der Waals surface area contributed by atoms with Crippen LogP contribution in [0.3, 0.4) is 0 Å². The van der Waals surface area contributed by atoms with E-state index < -0.39 is 39.1 Å². The largest absolute Gasteiger partial charge is 0.465 e. The summed E-state index contributed by atoms with van der Waals surface area (Å²) < 4.78 is 37.7. The molecule has 0 aromatic heterocycles. The molecule has 0 heterocycles. The van der Waals surface area contributed by atoms with Gasteiger partial charge in [0.05, 0.1) is 34.3 Å². The summed E-state index contributed by atoms with van der Waals surface area (Å²) in [6, 6.07) is 9.10. The number of para-hydroxylation sites is 1. The Labute approximate surface area is 179 Å². The molecule has 0 saturated carbocycles. The van der Waals surface area contributed by atoms with E-state index in [1.807, 2.05) is 0 Å². The Balaban J connectivity index is 2.71. The number of rotatable bonds is 9. The van der Waals surface area contributed by atoms with Gasteiger partial charge in [-0.2, -0.15) is 0 Å². The van der Waals surface area contributed by atoms with Crippen molar-refractivity contribution in [3.63, 3.8) is 0 Å². The summed E-state index contributed by atoms with van der Waals surface area (Å²) in [5.74, 6) is -1.63. The lowest BCUT2D eigenvalue weighted by Crippen LogP contribution is -2.38. The minimum absolute atomic E-state index is 0.0160. The maximum atomic E-state index is 13.5. The number of non-ortho nitro benzene ring substituents is 1. The Kier molecular flexibility index (Phi) is 7.70. The van der Waals surface area contributed by atoms with Crippen LogP contribution in [-0.4, -0.2) is 45.0 Å². The molecule has 166 valence electrons. The van der Waals surface area contributed by atoms with Crippen LogP contribution in [0.25, 0.3) is 0 Å². The van der Waals surface area contributed by atoms with Gasteiger partial charge in [-0.3, -0.25) is 19.2 Å². The van der Waals surface area contributed by atoms with E-state index in [0.717, 1.165) is 6.07 Å². The smallest absolute Gasteiger partial charge is 0.340 e. The number of esters is 2. The predicted octanol–water partition coefficient (Wildman–Crippen LogP) is 2.84. The molecule has 11 heteroatoms. The number of sulfonamides is 1. The maximum Gasteiger partial charge on any atom is 0.340 e. The first-order chi connectivity index (χ1) is 14.6. The first kappa shape index (κ1) is 23.8. The molecule has 2 rings (SSSR count). The lowest BCUT2D eigenvalue weighted by atomic mass is 10.2. The summed E-state index contributed by atoms with van der Waals surface area (Å²) >= 11 is 0. The average molecular weight is 450 g/mol. The van der Waals surface area contributed by atoms with Crippen molar-refractivity contribution in [3.8, 4) is 0 Å². The van der Waals surface area contributed by atoms with Crippen LogP contribution in [0.4, 0.5) is 11.4 Å². The molecule has 0 aliphatic heterocycles. The molecule has 0 fully saturated rings. The number of nitrogens with zero attached hydrogens (tertiary/aromatic N) is 2. The third-order valence-electron chi connectivity index (χ3n) is 4.20. The second-order valence-corrected chi connectivity index (χ2v) is 8.09. The van der Waals surface area contributed by atoms with Gasteiger partial charge < -0.3 is 9.47 Å². The third kappa shape index (κ3) is 5.37. The summed E-state index contributed by atoms with van der Waals surface area (Å²) in [6.45, 7) is 3.96. The van der Waals surface area contributed by atoms with Gasteiger partial charge in [-0.25, -0.2) is 13.2 Å². The molecule has 0 spiro atoms. The standard InChI is InChI=1S/C20H22N2O8S/c1-4-29-19(23)13-21(17-9-7-6-8-16(17)20(24)30-5-2)31(27,28)18-12-15(22(25)26)11-10-14(18)3/h6-12H,4-5,13H2,1-3H3. The molecule has 31 heavy (non-hydrogen) atoms. The number of carbonyl (C=O) groups excluding carboxylic acids is 2. The Morgan fingerprint density at radius 3 is 2.32 bits per heavy atom. The van der Waals surface area contributed by atoms with Crippen LogP contribution in [0.1, 0.15) is 29.8 Å². The van der Waals surface area contributed by atoms with Gasteiger partial charge in [0.25, 0.3) is 15.7 Å². The zero-order chi connectivity index (χ0) is 23.2. The quantitative estimate of drug-likeness (QED) is 0.323. The minimum Gasteiger partial charge on any atom is -0.465 e. The lowest BCUT2D eigenvalue weighted by molar-refractivity contribution is -0.385. The number of nitro groups is 1. The van der Waals surface area contributed by atoms with E-state index in [1.165, 1.54) is 43.3 Å². The summed E-state index contributed by atoms with van der Waals surface area (Å²) in [5.41, 5.74) is -0.396. The van der Waals surface area contributed by atoms with Crippen molar-refractivity contribution in [2.75, 3.05) is 24.1 Å². The molecule has 0 amide bonds. The average Bonchev–Trinajstić information content (AvgIpc) is 2.72. The number of ether oxygens (including phenoxy) is 2. The molecular weight excluding hydrogens is 428 g/mol. The zero-order valence-corrected chi connectivity index (χ0v) is 18.0. The van der Waals surface area contributed by atoms with E-state index >= 15 is 0 Å². The van der Waals surface area contributed by atoms with E-state index in [4.69, 9.17) is 9.47 Å². The van der Waals surface area contributed by atoms with Crippen LogP contribution >= 0.6 is 0 Å². The Morgan fingerprint density at radius 2 is 1.71 bits per heavy atom. The fourth-order valence-electron chi connectivity index (χ4n) is 2.80. The molecule has 2 aromatic rings. The highest BCUT2D eigenvalue weighted by Crippen LogP contribution is 2.31. The minimum atomic E-state index is -4.50. The molecule has 0 bridgehead atoms. The maximum absolute atomic E-state index is 13.5. The summed E-state index contributed by atoms with van der Waals surface area (Å²) in [5, 5.41) is 11.2. The van der Waals surface area contributed by atoms with Crippen molar-refractivity contribution >= 4 is 33.3 Å². The van der Waals surface area contributed by atoms with Crippen LogP contribution in [0.15, 0.2) is 47.4 Å². The van der Waals surface area contributed by atoms with Crippen molar-refractivity contribution in [3.05, 3.63) is 63.7 Å². The SMILES string of the molecule is CCOC(=O)CN(c1ccccc1C(=O)OCC)S(=O)(=O)c1cc([N+](=O)[O-])ccc1C. The molecule has 2 aromatic carbocycles. The van der Waals surface area contributed by atoms with Gasteiger partial charge >= 0.3 is 11.9 Å². The van der Waals surface area contributed by atoms with Gasteiger partial charge in [0.15, 0.2) is 0 Å². The highest BCUT2D eigenvalue weighted by atomic mass is 32.2. The highest BCUT2D eigenvalue weighted by Gasteiger charge is 2.33. The molecule has 0 radical (unpaired) electrons. The van der Waals surface area contributed by atoms with E-state index in [9.17, 15) is 28.1 Å². The summed E-state index contributed by atoms with van der Waals surface area (Å²) in [6.07, 6.45) is 0. The number of aryl methyl sites for hydroxylation is 1. The van der Waals surface area contributed by atoms with Crippen molar-refractivity contribution in [1.82, 2.24) is 0 Å². The van der Waals surface area contributed by atoms with Gasteiger partial charge in [-0.1, -0.05) is 18.2 Å². The zero-order valence-electron chi connectivity index (χ0n) is 17.2. The first-order valence-electron chi connectivity index (χ1n) is 9.33. The van der Waals surface area contributed by atoms with Crippen LogP contribution in [0, 0.1) is 17.0 Å². The third-order valence-corrected chi connectivity index (χ3v) is 6.10. The molecule has 0 aliphatic carbocycles. The molecule has 0 atom stereocenters. The number of carbonyl (C=O) groups is 2. The lowest BCUT2D eigenvalue weighted by Gasteiger charge is -2.26. The monoisotopic (exact) mass is 450 g/mol. The summed E-state index contributed by atoms with van der Waals surface area (Å²) in [4.78, 5) is 34.7. The Bertz CT molecular complexity index is 1100. The number of benzene rings is 2. The van der Waals surface area contributed by atoms with Crippen LogP contribution in [-0.2, 0) is 24.3 Å². The van der Waals surface area contributed by atoms with E-state index in [0.29, 0.717) is 4.31 Å². The fraction of sp³-hybridized carbons (Fsp3) is 0.300. The molecule has 0 unspecified atom stereocenters. The predicted molar refractivity (Wildman–Crippen MR) is 111 cm³/mol. The topological polar surface area (TPSA) is 133 Å². The molecular formula is C20H22N2O8S. The second kappa shape index (κ2) is 10.0. The van der Waals surface area contributed by atoms with E-state index in [-0.39, 0.29) is 34.9 Å². The highest BCUT2D eigenvalue weighted by molar-refractivity contribution is 7.93. The van der Waals surface area contributed by atoms with Gasteiger partial charge in [0, 0.05) is 12.1 Å². The Morgan fingerprint density at radius 1 is 1.06 bits per heavy atom. The number of nitro benzene ring substituents is 1. The first-order valence-corrected chi connectivity index (χ1v) is 10.8. The molecule has 0 N–H and O–H groups in total.